The smallest absolute Gasteiger partial charge is 0.0481 e. The van der Waals surface area contributed by atoms with E-state index in [1.54, 1.807) is 7.11 Å². The van der Waals surface area contributed by atoms with Gasteiger partial charge in [-0.1, -0.05) is 0 Å². The lowest BCUT2D eigenvalue weighted by atomic mass is 10.1. The van der Waals surface area contributed by atoms with E-state index in [0.717, 1.165) is 26.0 Å². The number of benzene rings is 1. The van der Waals surface area contributed by atoms with Gasteiger partial charge in [0, 0.05) is 44.7 Å². The molecule has 1 aromatic carbocycles. The molecule has 1 heterocycles. The fourth-order valence-corrected chi connectivity index (χ4v) is 2.31. The quantitative estimate of drug-likeness (QED) is 0.847. The summed E-state index contributed by atoms with van der Waals surface area (Å²) in [6.45, 7) is 4.14. The van der Waals surface area contributed by atoms with Crippen LogP contribution >= 0.6 is 0 Å². The maximum absolute atomic E-state index is 5.09. The van der Waals surface area contributed by atoms with Crippen molar-refractivity contribution in [1.82, 2.24) is 0 Å². The van der Waals surface area contributed by atoms with E-state index in [0.29, 0.717) is 6.04 Å². The van der Waals surface area contributed by atoms with Crippen LogP contribution in [-0.4, -0.2) is 33.4 Å². The first kappa shape index (κ1) is 12.2. The first-order valence-electron chi connectivity index (χ1n) is 6.30. The molecule has 2 rings (SSSR count). The molecule has 0 saturated heterocycles. The predicted octanol–water partition coefficient (Wildman–Crippen LogP) is 2.52. The fraction of sp³-hybridized carbons (Fsp3) is 0.571. The number of rotatable bonds is 5. The van der Waals surface area contributed by atoms with Crippen molar-refractivity contribution in [3.63, 3.8) is 0 Å². The molecule has 0 spiro atoms. The summed E-state index contributed by atoms with van der Waals surface area (Å²) in [5, 5.41) is 3.52. The third-order valence-electron chi connectivity index (χ3n) is 3.38. The molecule has 0 radical (unpaired) electrons. The van der Waals surface area contributed by atoms with E-state index in [1.807, 2.05) is 0 Å². The number of nitrogens with zero attached hydrogens (tertiary/aromatic N) is 1. The van der Waals surface area contributed by atoms with Gasteiger partial charge in [0.05, 0.1) is 0 Å². The van der Waals surface area contributed by atoms with E-state index in [4.69, 9.17) is 4.74 Å². The van der Waals surface area contributed by atoms with Crippen LogP contribution in [0, 0.1) is 0 Å². The predicted molar refractivity (Wildman–Crippen MR) is 73.0 cm³/mol. The zero-order valence-electron chi connectivity index (χ0n) is 11.0. The maximum atomic E-state index is 5.09. The number of ether oxygens (including phenoxy) is 1. The molecular formula is C14H22N2O. The molecule has 0 bridgehead atoms. The third-order valence-corrected chi connectivity index (χ3v) is 3.38. The molecule has 3 nitrogen and oxygen atoms in total. The molecular weight excluding hydrogens is 212 g/mol. The Hall–Kier alpha value is -1.22. The number of likely N-dealkylation sites (N-methyl/N-ethyl adjacent to an activating group) is 1. The summed E-state index contributed by atoms with van der Waals surface area (Å²) in [6, 6.07) is 7.12. The topological polar surface area (TPSA) is 24.5 Å². The van der Waals surface area contributed by atoms with Crippen LogP contribution in [0.5, 0.6) is 0 Å². The number of nitrogens with one attached hydrogen (secondary N) is 1. The van der Waals surface area contributed by atoms with Gasteiger partial charge in [-0.05, 0) is 43.5 Å². The van der Waals surface area contributed by atoms with Crippen LogP contribution in [-0.2, 0) is 11.2 Å². The van der Waals surface area contributed by atoms with Crippen LogP contribution in [0.2, 0.25) is 0 Å². The second-order valence-electron chi connectivity index (χ2n) is 4.84. The Morgan fingerprint density at radius 3 is 3.06 bits per heavy atom. The molecule has 1 aliphatic heterocycles. The van der Waals surface area contributed by atoms with Crippen LogP contribution in [0.3, 0.4) is 0 Å². The number of methoxy groups -OCH3 is 1. The Labute approximate surface area is 104 Å². The standard InChI is InChI=1S/C14H22N2O/c1-11(7-9-17-3)15-13-4-5-14-12(10-13)6-8-16(14)2/h4-5,10-11,15H,6-9H2,1-3H3. The lowest BCUT2D eigenvalue weighted by Gasteiger charge is -2.16. The number of fused-ring (bicyclic) bond motifs is 1. The largest absolute Gasteiger partial charge is 0.385 e. The van der Waals surface area contributed by atoms with E-state index in [-0.39, 0.29) is 0 Å². The minimum Gasteiger partial charge on any atom is -0.385 e. The zero-order chi connectivity index (χ0) is 12.3. The Balaban J connectivity index is 1.98. The summed E-state index contributed by atoms with van der Waals surface area (Å²) in [4.78, 5) is 2.31. The summed E-state index contributed by atoms with van der Waals surface area (Å²) >= 11 is 0. The van der Waals surface area contributed by atoms with Crippen molar-refractivity contribution in [1.29, 1.82) is 0 Å². The van der Waals surface area contributed by atoms with Crippen molar-refractivity contribution in [3.05, 3.63) is 23.8 Å². The second-order valence-corrected chi connectivity index (χ2v) is 4.84. The molecule has 0 fully saturated rings. The number of anilines is 2. The lowest BCUT2D eigenvalue weighted by molar-refractivity contribution is 0.191. The molecule has 3 heteroatoms. The zero-order valence-corrected chi connectivity index (χ0v) is 11.0. The summed E-state index contributed by atoms with van der Waals surface area (Å²) in [7, 11) is 3.90. The van der Waals surface area contributed by atoms with Crippen LogP contribution in [0.25, 0.3) is 0 Å². The molecule has 0 aromatic heterocycles. The van der Waals surface area contributed by atoms with Gasteiger partial charge in [0.1, 0.15) is 0 Å². The molecule has 0 aliphatic carbocycles. The second kappa shape index (κ2) is 5.41. The Bertz CT molecular complexity index is 378. The molecule has 1 atom stereocenters. The highest BCUT2D eigenvalue weighted by Gasteiger charge is 2.15. The van der Waals surface area contributed by atoms with E-state index in [2.05, 4.69) is 42.4 Å². The van der Waals surface area contributed by atoms with Crippen molar-refractivity contribution in [3.8, 4) is 0 Å². The van der Waals surface area contributed by atoms with E-state index >= 15 is 0 Å². The van der Waals surface area contributed by atoms with Crippen molar-refractivity contribution in [2.75, 3.05) is 37.5 Å². The van der Waals surface area contributed by atoms with Crippen LogP contribution in [0.1, 0.15) is 18.9 Å². The molecule has 0 amide bonds. The highest BCUT2D eigenvalue weighted by molar-refractivity contribution is 5.63. The minimum absolute atomic E-state index is 0.451. The summed E-state index contributed by atoms with van der Waals surface area (Å²) in [5.74, 6) is 0. The average molecular weight is 234 g/mol. The van der Waals surface area contributed by atoms with E-state index in [9.17, 15) is 0 Å². The Morgan fingerprint density at radius 1 is 1.47 bits per heavy atom. The van der Waals surface area contributed by atoms with Crippen LogP contribution in [0.15, 0.2) is 18.2 Å². The molecule has 94 valence electrons. The van der Waals surface area contributed by atoms with Gasteiger partial charge in [0.15, 0.2) is 0 Å². The van der Waals surface area contributed by atoms with Gasteiger partial charge in [0.25, 0.3) is 0 Å². The van der Waals surface area contributed by atoms with Gasteiger partial charge in [-0.15, -0.1) is 0 Å². The molecule has 1 aliphatic rings. The maximum Gasteiger partial charge on any atom is 0.0481 e. The summed E-state index contributed by atoms with van der Waals surface area (Å²) in [5.41, 5.74) is 4.05. The lowest BCUT2D eigenvalue weighted by Crippen LogP contribution is -2.17. The molecule has 1 unspecified atom stereocenters. The molecule has 1 N–H and O–H groups in total. The van der Waals surface area contributed by atoms with Crippen molar-refractivity contribution in [2.45, 2.75) is 25.8 Å². The fourth-order valence-electron chi connectivity index (χ4n) is 2.31. The highest BCUT2D eigenvalue weighted by atomic mass is 16.5. The Morgan fingerprint density at radius 2 is 2.29 bits per heavy atom. The van der Waals surface area contributed by atoms with Crippen molar-refractivity contribution in [2.24, 2.45) is 0 Å². The first-order chi connectivity index (χ1) is 8.20. The monoisotopic (exact) mass is 234 g/mol. The molecule has 1 aromatic rings. The number of hydrogen-bond acceptors (Lipinski definition) is 3. The third kappa shape index (κ3) is 2.91. The van der Waals surface area contributed by atoms with Gasteiger partial charge in [0.2, 0.25) is 0 Å². The minimum atomic E-state index is 0.451. The highest BCUT2D eigenvalue weighted by Crippen LogP contribution is 2.29. The normalized spacial score (nSPS) is 15.8. The average Bonchev–Trinajstić information content (AvgIpc) is 2.68. The summed E-state index contributed by atoms with van der Waals surface area (Å²) in [6.07, 6.45) is 2.20. The van der Waals surface area contributed by atoms with E-state index < -0.39 is 0 Å². The van der Waals surface area contributed by atoms with Gasteiger partial charge in [-0.3, -0.25) is 0 Å². The van der Waals surface area contributed by atoms with Crippen molar-refractivity contribution < 1.29 is 4.74 Å². The Kier molecular flexibility index (Phi) is 3.89. The van der Waals surface area contributed by atoms with Gasteiger partial charge in [-0.25, -0.2) is 0 Å². The van der Waals surface area contributed by atoms with Gasteiger partial charge in [-0.2, -0.15) is 0 Å². The number of hydrogen-bond donors (Lipinski definition) is 1. The molecule has 0 saturated carbocycles. The van der Waals surface area contributed by atoms with Gasteiger partial charge >= 0.3 is 0 Å². The van der Waals surface area contributed by atoms with Gasteiger partial charge < -0.3 is 15.0 Å². The van der Waals surface area contributed by atoms with Crippen LogP contribution in [0.4, 0.5) is 11.4 Å². The molecule has 17 heavy (non-hydrogen) atoms. The van der Waals surface area contributed by atoms with Crippen molar-refractivity contribution >= 4 is 11.4 Å². The van der Waals surface area contributed by atoms with Crippen LogP contribution < -0.4 is 10.2 Å². The van der Waals surface area contributed by atoms with E-state index in [1.165, 1.54) is 16.9 Å². The first-order valence-corrected chi connectivity index (χ1v) is 6.30. The summed E-state index contributed by atoms with van der Waals surface area (Å²) < 4.78 is 5.09. The SMILES string of the molecule is COCCC(C)Nc1ccc2c(c1)CCN2C.